The maximum absolute atomic E-state index is 5.42. The molecule has 0 fully saturated rings. The second-order valence-corrected chi connectivity index (χ2v) is 13.4. The minimum atomic E-state index is -1.18. The highest BCUT2D eigenvalue weighted by Crippen LogP contribution is 2.76. The second kappa shape index (κ2) is 7.70. The number of hydrogen-bond acceptors (Lipinski definition) is 3. The molecule has 0 N–H and O–H groups in total. The molecular weight excluding hydrogens is 279 g/mol. The lowest BCUT2D eigenvalue weighted by Crippen LogP contribution is -2.30. The molecule has 1 aliphatic rings. The summed E-state index contributed by atoms with van der Waals surface area (Å²) in [7, 11) is -1.49. The Kier molecular flexibility index (Phi) is 7.30. The molecule has 0 saturated heterocycles. The Bertz CT molecular complexity index is 301. The molecule has 108 valence electrons. The van der Waals surface area contributed by atoms with Gasteiger partial charge >= 0.3 is 0 Å². The maximum Gasteiger partial charge on any atom is 0.0932 e. The SMILES string of the molecule is CCN1P(CC)N=P(CC)(CC)N(CC)P1CC. The average Bonchev–Trinajstić information content (AvgIpc) is 2.44. The summed E-state index contributed by atoms with van der Waals surface area (Å²) in [6, 6.07) is 0. The third-order valence-electron chi connectivity index (χ3n) is 3.64. The van der Waals surface area contributed by atoms with Crippen LogP contribution < -0.4 is 0 Å². The second-order valence-electron chi connectivity index (χ2n) is 4.35. The molecule has 1 aliphatic heterocycles. The van der Waals surface area contributed by atoms with E-state index in [9.17, 15) is 0 Å². The van der Waals surface area contributed by atoms with Gasteiger partial charge in [-0.05, 0) is 24.6 Å². The van der Waals surface area contributed by atoms with E-state index in [4.69, 9.17) is 4.52 Å². The van der Waals surface area contributed by atoms with Crippen molar-refractivity contribution < 1.29 is 0 Å². The van der Waals surface area contributed by atoms with Crippen LogP contribution in [0.4, 0.5) is 0 Å². The van der Waals surface area contributed by atoms with E-state index in [1.807, 2.05) is 0 Å². The third-order valence-corrected chi connectivity index (χ3v) is 15.4. The minimum absolute atomic E-state index is 0.0901. The average molecular weight is 309 g/mol. The smallest absolute Gasteiger partial charge is 0.0932 e. The van der Waals surface area contributed by atoms with Crippen LogP contribution in [0.25, 0.3) is 0 Å². The molecule has 0 aromatic carbocycles. The molecule has 3 nitrogen and oxygen atoms in total. The van der Waals surface area contributed by atoms with E-state index >= 15 is 0 Å². The molecule has 0 radical (unpaired) electrons. The van der Waals surface area contributed by atoms with Crippen LogP contribution in [0.1, 0.15) is 41.5 Å². The van der Waals surface area contributed by atoms with Gasteiger partial charge in [0.05, 0.1) is 8.22 Å². The predicted molar refractivity (Wildman–Crippen MR) is 90.1 cm³/mol. The Morgan fingerprint density at radius 3 is 1.83 bits per heavy atom. The molecule has 0 spiro atoms. The minimum Gasteiger partial charge on any atom is -0.248 e. The Balaban J connectivity index is 3.27. The largest absolute Gasteiger partial charge is 0.248 e. The number of hydrogen-bond donors (Lipinski definition) is 0. The van der Waals surface area contributed by atoms with Crippen molar-refractivity contribution in [2.75, 3.05) is 37.7 Å². The first-order valence-corrected chi connectivity index (χ1v) is 12.3. The summed E-state index contributed by atoms with van der Waals surface area (Å²) in [5, 5.41) is 0. The van der Waals surface area contributed by atoms with Gasteiger partial charge in [0.2, 0.25) is 0 Å². The molecule has 1 rings (SSSR count). The van der Waals surface area contributed by atoms with Crippen molar-refractivity contribution in [3.8, 4) is 0 Å². The topological polar surface area (TPSA) is 18.8 Å². The summed E-state index contributed by atoms with van der Waals surface area (Å²) in [4.78, 5) is 0. The number of nitrogens with zero attached hydrogens (tertiary/aromatic N) is 3. The molecule has 0 aromatic heterocycles. The fraction of sp³-hybridized carbons (Fsp3) is 1.00. The van der Waals surface area contributed by atoms with E-state index in [1.54, 1.807) is 0 Å². The van der Waals surface area contributed by atoms with E-state index in [-0.39, 0.29) is 16.4 Å². The van der Waals surface area contributed by atoms with Crippen LogP contribution in [-0.2, 0) is 0 Å². The van der Waals surface area contributed by atoms with E-state index in [1.165, 1.54) is 37.7 Å². The van der Waals surface area contributed by atoms with Crippen molar-refractivity contribution in [3.05, 3.63) is 0 Å². The van der Waals surface area contributed by atoms with Crippen LogP contribution >= 0.6 is 23.7 Å². The Hall–Kier alpha value is 1.01. The van der Waals surface area contributed by atoms with Crippen molar-refractivity contribution in [2.45, 2.75) is 41.5 Å². The standard InChI is InChI=1S/C12H30N3P3/c1-7-14-16(9-3)13-18(11-5,12-6)15(8-2)17(14)10-4/h7-12H2,1-6H3. The lowest BCUT2D eigenvalue weighted by molar-refractivity contribution is 0.634. The zero-order valence-corrected chi connectivity index (χ0v) is 15.6. The van der Waals surface area contributed by atoms with Gasteiger partial charge in [-0.15, -0.1) is 0 Å². The summed E-state index contributed by atoms with van der Waals surface area (Å²) in [6.45, 7) is 16.4. The van der Waals surface area contributed by atoms with Gasteiger partial charge in [0.15, 0.2) is 0 Å². The zero-order valence-electron chi connectivity index (χ0n) is 12.9. The van der Waals surface area contributed by atoms with Gasteiger partial charge in [0.25, 0.3) is 0 Å². The van der Waals surface area contributed by atoms with Crippen LogP contribution in [0.3, 0.4) is 0 Å². The van der Waals surface area contributed by atoms with E-state index < -0.39 is 7.21 Å². The summed E-state index contributed by atoms with van der Waals surface area (Å²) in [5.74, 6) is 0. The monoisotopic (exact) mass is 309 g/mol. The first-order chi connectivity index (χ1) is 8.63. The normalized spacial score (nSPS) is 29.2. The van der Waals surface area contributed by atoms with Gasteiger partial charge in [-0.1, -0.05) is 41.5 Å². The van der Waals surface area contributed by atoms with Crippen molar-refractivity contribution in [1.29, 1.82) is 0 Å². The van der Waals surface area contributed by atoms with E-state index in [0.717, 1.165) is 0 Å². The molecule has 0 amide bonds. The quantitative estimate of drug-likeness (QED) is 0.606. The molecule has 2 unspecified atom stereocenters. The van der Waals surface area contributed by atoms with Crippen LogP contribution in [-0.4, -0.2) is 46.6 Å². The van der Waals surface area contributed by atoms with Crippen molar-refractivity contribution in [1.82, 2.24) is 8.88 Å². The van der Waals surface area contributed by atoms with Gasteiger partial charge < -0.3 is 0 Å². The lowest BCUT2D eigenvalue weighted by atomic mass is 10.8. The molecule has 1 heterocycles. The molecule has 18 heavy (non-hydrogen) atoms. The highest BCUT2D eigenvalue weighted by Gasteiger charge is 2.39. The highest BCUT2D eigenvalue weighted by atomic mass is 31.3. The van der Waals surface area contributed by atoms with Crippen LogP contribution in [0.15, 0.2) is 4.52 Å². The molecular formula is C12H30N3P3. The molecule has 0 saturated carbocycles. The maximum atomic E-state index is 5.42. The van der Waals surface area contributed by atoms with E-state index in [0.29, 0.717) is 0 Å². The van der Waals surface area contributed by atoms with Crippen molar-refractivity contribution in [3.63, 3.8) is 0 Å². The van der Waals surface area contributed by atoms with Crippen LogP contribution in [0.2, 0.25) is 0 Å². The molecule has 0 aromatic rings. The predicted octanol–water partition coefficient (Wildman–Crippen LogP) is 5.46. The first kappa shape index (κ1) is 17.1. The number of rotatable bonds is 6. The Morgan fingerprint density at radius 1 is 0.889 bits per heavy atom. The molecule has 0 aliphatic carbocycles. The summed E-state index contributed by atoms with van der Waals surface area (Å²) in [5.41, 5.74) is 0. The summed E-state index contributed by atoms with van der Waals surface area (Å²) >= 11 is 0. The summed E-state index contributed by atoms with van der Waals surface area (Å²) in [6.07, 6.45) is 5.08. The first-order valence-electron chi connectivity index (χ1n) is 7.34. The Morgan fingerprint density at radius 2 is 1.50 bits per heavy atom. The lowest BCUT2D eigenvalue weighted by Gasteiger charge is -2.51. The zero-order chi connectivity index (χ0) is 13.8. The Labute approximate surface area is 117 Å². The van der Waals surface area contributed by atoms with Gasteiger partial charge in [0, 0.05) is 28.5 Å². The fourth-order valence-corrected chi connectivity index (χ4v) is 16.1. The third kappa shape index (κ3) is 3.02. The van der Waals surface area contributed by atoms with Crippen LogP contribution in [0, 0.1) is 0 Å². The van der Waals surface area contributed by atoms with Crippen molar-refractivity contribution >= 4 is 23.7 Å². The van der Waals surface area contributed by atoms with Gasteiger partial charge in [0.1, 0.15) is 0 Å². The highest BCUT2D eigenvalue weighted by molar-refractivity contribution is 7.84. The van der Waals surface area contributed by atoms with Gasteiger partial charge in [-0.2, -0.15) is 0 Å². The van der Waals surface area contributed by atoms with Gasteiger partial charge in [-0.25, -0.2) is 13.4 Å². The molecule has 0 bridgehead atoms. The van der Waals surface area contributed by atoms with Crippen LogP contribution in [0.5, 0.6) is 0 Å². The summed E-state index contributed by atoms with van der Waals surface area (Å²) < 4.78 is 11.0. The fourth-order valence-electron chi connectivity index (χ4n) is 2.70. The van der Waals surface area contributed by atoms with Gasteiger partial charge in [-0.3, -0.25) is 0 Å². The van der Waals surface area contributed by atoms with E-state index in [2.05, 4.69) is 50.4 Å². The molecule has 2 atom stereocenters. The molecule has 6 heteroatoms. The van der Waals surface area contributed by atoms with Crippen molar-refractivity contribution in [2.24, 2.45) is 4.52 Å².